The number of halogens is 3. The number of benzene rings is 2. The molecule has 2 N–H and O–H groups in total. The van der Waals surface area contributed by atoms with Crippen molar-refractivity contribution in [2.24, 2.45) is 0 Å². The first-order valence-electron chi connectivity index (χ1n) is 11.0. The zero-order valence-electron chi connectivity index (χ0n) is 17.7. The first-order chi connectivity index (χ1) is 15.3. The van der Waals surface area contributed by atoms with Gasteiger partial charge in [0.05, 0.1) is 12.0 Å². The molecule has 2 aromatic carbocycles. The first-order valence-corrected chi connectivity index (χ1v) is 11.8. The Balaban J connectivity index is 1.59. The number of nitrogens with one attached hydrogen (secondary N) is 1. The normalized spacial score (nSPS) is 15.3. The maximum atomic E-state index is 13.9. The minimum atomic E-state index is -4.37. The molecule has 0 amide bonds. The summed E-state index contributed by atoms with van der Waals surface area (Å²) in [5.74, 6) is -0.851. The van der Waals surface area contributed by atoms with Crippen molar-refractivity contribution < 1.29 is 23.1 Å². The molecular weight excluding hydrogens is 435 g/mol. The minimum Gasteiger partial charge on any atom is -0.481 e. The molecule has 0 radical (unpaired) electrons. The summed E-state index contributed by atoms with van der Waals surface area (Å²) in [6.07, 6.45) is 0.433. The van der Waals surface area contributed by atoms with Crippen molar-refractivity contribution in [3.8, 4) is 11.1 Å². The van der Waals surface area contributed by atoms with E-state index in [-0.39, 0.29) is 12.3 Å². The molecule has 1 fully saturated rings. The first kappa shape index (κ1) is 22.8. The number of carboxylic acid groups (broad SMARTS) is 1. The third-order valence-electron chi connectivity index (χ3n) is 6.12. The highest BCUT2D eigenvalue weighted by Crippen LogP contribution is 2.42. The van der Waals surface area contributed by atoms with Crippen LogP contribution in [0.4, 0.5) is 13.2 Å². The summed E-state index contributed by atoms with van der Waals surface area (Å²) in [5.41, 5.74) is 1.27. The second-order valence-corrected chi connectivity index (χ2v) is 9.59. The van der Waals surface area contributed by atoms with Gasteiger partial charge in [0.1, 0.15) is 0 Å². The van der Waals surface area contributed by atoms with Crippen LogP contribution < -0.4 is 5.32 Å². The second kappa shape index (κ2) is 9.63. The Hall–Kier alpha value is -2.38. The van der Waals surface area contributed by atoms with Crippen LogP contribution in [0, 0.1) is 0 Å². The molecule has 0 aliphatic heterocycles. The summed E-state index contributed by atoms with van der Waals surface area (Å²) >= 11 is 1.60. The Morgan fingerprint density at radius 3 is 2.47 bits per heavy atom. The van der Waals surface area contributed by atoms with Crippen molar-refractivity contribution in [3.05, 3.63) is 58.5 Å². The van der Waals surface area contributed by atoms with Crippen LogP contribution in [0.3, 0.4) is 0 Å². The number of carbonyl (C=O) groups is 1. The second-order valence-electron chi connectivity index (χ2n) is 8.42. The van der Waals surface area contributed by atoms with Gasteiger partial charge in [-0.1, -0.05) is 37.5 Å². The quantitative estimate of drug-likeness (QED) is 0.366. The zero-order valence-corrected chi connectivity index (χ0v) is 18.5. The molecule has 170 valence electrons. The summed E-state index contributed by atoms with van der Waals surface area (Å²) in [6, 6.07) is 12.6. The Kier molecular flexibility index (Phi) is 6.86. The monoisotopic (exact) mass is 461 g/mol. The van der Waals surface area contributed by atoms with Crippen molar-refractivity contribution in [1.82, 2.24) is 5.32 Å². The van der Waals surface area contributed by atoms with Crippen LogP contribution in [0.2, 0.25) is 0 Å². The van der Waals surface area contributed by atoms with Crippen molar-refractivity contribution in [2.75, 3.05) is 6.54 Å². The number of aliphatic carboxylic acids is 1. The van der Waals surface area contributed by atoms with Gasteiger partial charge in [-0.2, -0.15) is 13.2 Å². The van der Waals surface area contributed by atoms with Crippen LogP contribution in [0.1, 0.15) is 60.4 Å². The highest BCUT2D eigenvalue weighted by atomic mass is 32.1. The summed E-state index contributed by atoms with van der Waals surface area (Å²) in [6.45, 7) is 0.957. The highest BCUT2D eigenvalue weighted by Gasteiger charge is 2.35. The SMILES string of the molecule is O=C(O)CCNCc1cc2cc(-c3ccc(C4CCCCC4)c(C(F)(F)F)c3)ccc2s1. The fourth-order valence-corrected chi connectivity index (χ4v) is 5.54. The van der Waals surface area contributed by atoms with E-state index in [1.807, 2.05) is 30.3 Å². The van der Waals surface area contributed by atoms with E-state index in [0.717, 1.165) is 52.6 Å². The number of fused-ring (bicyclic) bond motifs is 1. The van der Waals surface area contributed by atoms with Gasteiger partial charge in [0.25, 0.3) is 0 Å². The molecular formula is C25H26F3NO2S. The van der Waals surface area contributed by atoms with Crippen molar-refractivity contribution >= 4 is 27.4 Å². The van der Waals surface area contributed by atoms with E-state index in [9.17, 15) is 18.0 Å². The van der Waals surface area contributed by atoms with Gasteiger partial charge < -0.3 is 10.4 Å². The lowest BCUT2D eigenvalue weighted by Crippen LogP contribution is -2.16. The molecule has 3 nitrogen and oxygen atoms in total. The van der Waals surface area contributed by atoms with Crippen LogP contribution in [-0.4, -0.2) is 17.6 Å². The number of hydrogen-bond donors (Lipinski definition) is 2. The lowest BCUT2D eigenvalue weighted by Gasteiger charge is -2.25. The molecule has 0 unspecified atom stereocenters. The van der Waals surface area contributed by atoms with Crippen molar-refractivity contribution in [2.45, 2.75) is 57.2 Å². The molecule has 3 aromatic rings. The predicted octanol–water partition coefficient (Wildman–Crippen LogP) is 7.20. The highest BCUT2D eigenvalue weighted by molar-refractivity contribution is 7.19. The topological polar surface area (TPSA) is 49.3 Å². The van der Waals surface area contributed by atoms with Crippen LogP contribution in [0.15, 0.2) is 42.5 Å². The maximum Gasteiger partial charge on any atom is 0.416 e. The van der Waals surface area contributed by atoms with Crippen molar-refractivity contribution in [1.29, 1.82) is 0 Å². The molecule has 0 saturated heterocycles. The lowest BCUT2D eigenvalue weighted by molar-refractivity contribution is -0.138. The van der Waals surface area contributed by atoms with E-state index in [1.54, 1.807) is 17.4 Å². The molecule has 32 heavy (non-hydrogen) atoms. The molecule has 4 rings (SSSR count). The summed E-state index contributed by atoms with van der Waals surface area (Å²) < 4.78 is 42.8. The maximum absolute atomic E-state index is 13.9. The molecule has 1 aromatic heterocycles. The van der Waals surface area contributed by atoms with E-state index in [0.29, 0.717) is 24.2 Å². The van der Waals surface area contributed by atoms with Gasteiger partial charge in [-0.15, -0.1) is 11.3 Å². The Labute approximate surface area is 189 Å². The average molecular weight is 462 g/mol. The van der Waals surface area contributed by atoms with E-state index in [2.05, 4.69) is 5.32 Å². The predicted molar refractivity (Wildman–Crippen MR) is 122 cm³/mol. The van der Waals surface area contributed by atoms with E-state index >= 15 is 0 Å². The molecule has 1 heterocycles. The third-order valence-corrected chi connectivity index (χ3v) is 7.24. The summed E-state index contributed by atoms with van der Waals surface area (Å²) in [5, 5.41) is 12.8. The van der Waals surface area contributed by atoms with Crippen LogP contribution >= 0.6 is 11.3 Å². The molecule has 1 saturated carbocycles. The van der Waals surface area contributed by atoms with Gasteiger partial charge in [0, 0.05) is 22.7 Å². The number of rotatable bonds is 7. The molecule has 0 bridgehead atoms. The number of carboxylic acids is 1. The standard InChI is InChI=1S/C25H26F3NO2S/c26-25(27,28)22-14-18(6-8-21(22)16-4-2-1-3-5-16)17-7-9-23-19(12-17)13-20(32-23)15-29-11-10-24(30)31/h6-9,12-14,16,29H,1-5,10-11,15H2,(H,30,31). The molecule has 1 aliphatic rings. The summed E-state index contributed by atoms with van der Waals surface area (Å²) in [4.78, 5) is 11.7. The third kappa shape index (κ3) is 5.33. The Bertz CT molecular complexity index is 1100. The van der Waals surface area contributed by atoms with Gasteiger partial charge in [0.15, 0.2) is 0 Å². The van der Waals surface area contributed by atoms with Gasteiger partial charge >= 0.3 is 12.1 Å². The van der Waals surface area contributed by atoms with E-state index in [4.69, 9.17) is 5.11 Å². The van der Waals surface area contributed by atoms with Crippen molar-refractivity contribution in [3.63, 3.8) is 0 Å². The molecule has 7 heteroatoms. The van der Waals surface area contributed by atoms with Gasteiger partial charge in [-0.05, 0) is 65.1 Å². The Morgan fingerprint density at radius 1 is 1.03 bits per heavy atom. The Morgan fingerprint density at radius 2 is 1.75 bits per heavy atom. The van der Waals surface area contributed by atoms with Gasteiger partial charge in [-0.3, -0.25) is 4.79 Å². The lowest BCUT2D eigenvalue weighted by atomic mass is 9.81. The smallest absolute Gasteiger partial charge is 0.416 e. The molecule has 0 spiro atoms. The fraction of sp³-hybridized carbons (Fsp3) is 0.400. The molecule has 1 aliphatic carbocycles. The van der Waals surface area contributed by atoms with Crippen LogP contribution in [-0.2, 0) is 17.5 Å². The minimum absolute atomic E-state index is 0.00929. The fourth-order valence-electron chi connectivity index (χ4n) is 4.52. The number of alkyl halides is 3. The van der Waals surface area contributed by atoms with Gasteiger partial charge in [0.2, 0.25) is 0 Å². The van der Waals surface area contributed by atoms with E-state index < -0.39 is 17.7 Å². The largest absolute Gasteiger partial charge is 0.481 e. The average Bonchev–Trinajstić information content (AvgIpc) is 3.18. The van der Waals surface area contributed by atoms with Crippen LogP contribution in [0.25, 0.3) is 21.2 Å². The number of thiophene rings is 1. The zero-order chi connectivity index (χ0) is 22.7. The molecule has 0 atom stereocenters. The summed E-state index contributed by atoms with van der Waals surface area (Å²) in [7, 11) is 0. The van der Waals surface area contributed by atoms with Gasteiger partial charge in [-0.25, -0.2) is 0 Å². The van der Waals surface area contributed by atoms with E-state index in [1.165, 1.54) is 6.07 Å². The number of hydrogen-bond acceptors (Lipinski definition) is 3. The van der Waals surface area contributed by atoms with Crippen LogP contribution in [0.5, 0.6) is 0 Å².